The molecule has 0 aromatic carbocycles. The SMILES string of the molecule is CC(CC#N)NC(=O)c1cc(Cl)nnc1Cl. The van der Waals surface area contributed by atoms with E-state index >= 15 is 0 Å². The average molecular weight is 259 g/mol. The summed E-state index contributed by atoms with van der Waals surface area (Å²) in [6.45, 7) is 1.71. The Morgan fingerprint density at radius 2 is 2.31 bits per heavy atom. The molecule has 7 heteroatoms. The number of hydrogen-bond donors (Lipinski definition) is 1. The Morgan fingerprint density at radius 3 is 2.94 bits per heavy atom. The molecule has 1 amide bonds. The highest BCUT2D eigenvalue weighted by atomic mass is 35.5. The third-order valence-electron chi connectivity index (χ3n) is 1.74. The Balaban J connectivity index is 2.81. The number of aromatic nitrogens is 2. The molecular formula is C9H8Cl2N4O. The summed E-state index contributed by atoms with van der Waals surface area (Å²) in [5.74, 6) is -0.426. The molecule has 1 aromatic rings. The number of nitrogens with one attached hydrogen (secondary N) is 1. The van der Waals surface area contributed by atoms with Gasteiger partial charge in [-0.15, -0.1) is 10.2 Å². The quantitative estimate of drug-likeness (QED) is 0.897. The van der Waals surface area contributed by atoms with Crippen LogP contribution >= 0.6 is 23.2 Å². The van der Waals surface area contributed by atoms with Gasteiger partial charge >= 0.3 is 0 Å². The molecule has 0 aliphatic rings. The van der Waals surface area contributed by atoms with Gasteiger partial charge in [-0.2, -0.15) is 5.26 Å². The van der Waals surface area contributed by atoms with E-state index in [0.717, 1.165) is 0 Å². The van der Waals surface area contributed by atoms with Crippen molar-refractivity contribution in [3.63, 3.8) is 0 Å². The fourth-order valence-corrected chi connectivity index (χ4v) is 1.33. The summed E-state index contributed by atoms with van der Waals surface area (Å²) >= 11 is 11.3. The maximum atomic E-state index is 11.7. The van der Waals surface area contributed by atoms with E-state index in [1.165, 1.54) is 6.07 Å². The van der Waals surface area contributed by atoms with Crippen LogP contribution in [0.1, 0.15) is 23.7 Å². The highest BCUT2D eigenvalue weighted by Crippen LogP contribution is 2.15. The minimum Gasteiger partial charge on any atom is -0.348 e. The molecule has 16 heavy (non-hydrogen) atoms. The summed E-state index contributed by atoms with van der Waals surface area (Å²) in [5, 5.41) is 18.1. The Hall–Kier alpha value is -1.38. The lowest BCUT2D eigenvalue weighted by Crippen LogP contribution is -2.32. The molecule has 1 rings (SSSR count). The number of halogens is 2. The third-order valence-corrected chi connectivity index (χ3v) is 2.20. The van der Waals surface area contributed by atoms with Gasteiger partial charge in [0.1, 0.15) is 0 Å². The summed E-state index contributed by atoms with van der Waals surface area (Å²) in [7, 11) is 0. The number of nitrogens with zero attached hydrogens (tertiary/aromatic N) is 3. The summed E-state index contributed by atoms with van der Waals surface area (Å²) in [4.78, 5) is 11.7. The molecule has 0 saturated heterocycles. The van der Waals surface area contributed by atoms with Crippen molar-refractivity contribution >= 4 is 29.1 Å². The van der Waals surface area contributed by atoms with E-state index in [0.29, 0.717) is 0 Å². The van der Waals surface area contributed by atoms with Crippen molar-refractivity contribution in [2.75, 3.05) is 0 Å². The predicted octanol–water partition coefficient (Wildman–Crippen LogP) is 1.82. The molecule has 0 fully saturated rings. The first kappa shape index (κ1) is 12.7. The van der Waals surface area contributed by atoms with Gasteiger partial charge < -0.3 is 5.32 Å². The van der Waals surface area contributed by atoms with Gasteiger partial charge in [0.15, 0.2) is 10.3 Å². The van der Waals surface area contributed by atoms with Gasteiger partial charge in [0, 0.05) is 6.04 Å². The van der Waals surface area contributed by atoms with Crippen LogP contribution in [0.5, 0.6) is 0 Å². The van der Waals surface area contributed by atoms with Crippen LogP contribution in [0, 0.1) is 11.3 Å². The number of nitriles is 1. The Kier molecular flexibility index (Phi) is 4.47. The Bertz CT molecular complexity index is 444. The lowest BCUT2D eigenvalue weighted by molar-refractivity contribution is 0.0940. The van der Waals surface area contributed by atoms with Crippen molar-refractivity contribution in [3.8, 4) is 6.07 Å². The van der Waals surface area contributed by atoms with Crippen molar-refractivity contribution < 1.29 is 4.79 Å². The van der Waals surface area contributed by atoms with Crippen LogP contribution < -0.4 is 5.32 Å². The van der Waals surface area contributed by atoms with Gasteiger partial charge in [0.05, 0.1) is 18.1 Å². The molecule has 1 heterocycles. The fraction of sp³-hybridized carbons (Fsp3) is 0.333. The van der Waals surface area contributed by atoms with Gasteiger partial charge in [0.25, 0.3) is 5.91 Å². The number of carbonyl (C=O) groups excluding carboxylic acids is 1. The van der Waals surface area contributed by atoms with Crippen molar-refractivity contribution in [1.29, 1.82) is 5.26 Å². The third kappa shape index (κ3) is 3.33. The average Bonchev–Trinajstić information content (AvgIpc) is 2.21. The molecule has 1 atom stereocenters. The minimum atomic E-state index is -0.426. The van der Waals surface area contributed by atoms with Gasteiger partial charge in [-0.3, -0.25) is 4.79 Å². The van der Waals surface area contributed by atoms with Crippen LogP contribution in [-0.2, 0) is 0 Å². The highest BCUT2D eigenvalue weighted by molar-refractivity contribution is 6.34. The van der Waals surface area contributed by atoms with E-state index in [4.69, 9.17) is 28.5 Å². The monoisotopic (exact) mass is 258 g/mol. The lowest BCUT2D eigenvalue weighted by Gasteiger charge is -2.10. The zero-order valence-corrected chi connectivity index (χ0v) is 9.88. The van der Waals surface area contributed by atoms with Gasteiger partial charge in [-0.25, -0.2) is 0 Å². The van der Waals surface area contributed by atoms with E-state index in [1.54, 1.807) is 6.92 Å². The van der Waals surface area contributed by atoms with E-state index in [1.807, 2.05) is 6.07 Å². The smallest absolute Gasteiger partial charge is 0.254 e. The summed E-state index contributed by atoms with van der Waals surface area (Å²) < 4.78 is 0. The highest BCUT2D eigenvalue weighted by Gasteiger charge is 2.15. The van der Waals surface area contributed by atoms with Crippen LogP contribution in [0.2, 0.25) is 10.3 Å². The molecule has 0 spiro atoms. The fourth-order valence-electron chi connectivity index (χ4n) is 1.00. The van der Waals surface area contributed by atoms with Crippen molar-refractivity contribution in [3.05, 3.63) is 21.9 Å². The van der Waals surface area contributed by atoms with Crippen molar-refractivity contribution in [2.45, 2.75) is 19.4 Å². The second-order valence-corrected chi connectivity index (χ2v) is 3.85. The topological polar surface area (TPSA) is 78.7 Å². The van der Waals surface area contributed by atoms with E-state index < -0.39 is 5.91 Å². The zero-order valence-electron chi connectivity index (χ0n) is 8.37. The van der Waals surface area contributed by atoms with Crippen LogP contribution in [0.4, 0.5) is 0 Å². The van der Waals surface area contributed by atoms with Crippen LogP contribution in [0.15, 0.2) is 6.07 Å². The van der Waals surface area contributed by atoms with Gasteiger partial charge in [0.2, 0.25) is 0 Å². The first-order valence-electron chi connectivity index (χ1n) is 4.41. The van der Waals surface area contributed by atoms with Crippen LogP contribution in [0.25, 0.3) is 0 Å². The van der Waals surface area contributed by atoms with Crippen LogP contribution in [-0.4, -0.2) is 22.1 Å². The maximum absolute atomic E-state index is 11.7. The largest absolute Gasteiger partial charge is 0.348 e. The molecule has 0 radical (unpaired) electrons. The lowest BCUT2D eigenvalue weighted by atomic mass is 10.2. The molecule has 0 aliphatic carbocycles. The first-order chi connectivity index (χ1) is 7.54. The van der Waals surface area contributed by atoms with Crippen molar-refractivity contribution in [1.82, 2.24) is 15.5 Å². The van der Waals surface area contributed by atoms with Gasteiger partial charge in [-0.05, 0) is 13.0 Å². The minimum absolute atomic E-state index is 0.0222. The second kappa shape index (κ2) is 5.64. The first-order valence-corrected chi connectivity index (χ1v) is 5.16. The standard InChI is InChI=1S/C9H8Cl2N4O/c1-5(2-3-12)13-9(16)6-4-7(10)14-15-8(6)11/h4-5H,2H2,1H3,(H,13,16). The molecule has 0 bridgehead atoms. The molecule has 1 unspecified atom stereocenters. The van der Waals surface area contributed by atoms with Crippen LogP contribution in [0.3, 0.4) is 0 Å². The Morgan fingerprint density at radius 1 is 1.62 bits per heavy atom. The second-order valence-electron chi connectivity index (χ2n) is 3.11. The van der Waals surface area contributed by atoms with E-state index in [-0.39, 0.29) is 28.3 Å². The summed E-state index contributed by atoms with van der Waals surface area (Å²) in [5.41, 5.74) is 0.145. The summed E-state index contributed by atoms with van der Waals surface area (Å²) in [6, 6.07) is 3.01. The normalized spacial score (nSPS) is 11.6. The van der Waals surface area contributed by atoms with Gasteiger partial charge in [-0.1, -0.05) is 23.2 Å². The van der Waals surface area contributed by atoms with E-state index in [2.05, 4.69) is 15.5 Å². The van der Waals surface area contributed by atoms with E-state index in [9.17, 15) is 4.79 Å². The number of rotatable bonds is 3. The zero-order chi connectivity index (χ0) is 12.1. The summed E-state index contributed by atoms with van der Waals surface area (Å²) in [6.07, 6.45) is 0.218. The molecule has 1 N–H and O–H groups in total. The molecule has 0 aliphatic heterocycles. The predicted molar refractivity (Wildman–Crippen MR) is 59.2 cm³/mol. The number of carbonyl (C=O) groups is 1. The maximum Gasteiger partial charge on any atom is 0.254 e. The van der Waals surface area contributed by atoms with Crippen molar-refractivity contribution in [2.24, 2.45) is 0 Å². The number of amides is 1. The molecular weight excluding hydrogens is 251 g/mol. The molecule has 84 valence electrons. The molecule has 0 saturated carbocycles. The Labute approximate surface area is 102 Å². The molecule has 5 nitrogen and oxygen atoms in total. The number of hydrogen-bond acceptors (Lipinski definition) is 4. The molecule has 1 aromatic heterocycles.